The molecule has 0 atom stereocenters. The number of para-hydroxylation sites is 1. The summed E-state index contributed by atoms with van der Waals surface area (Å²) >= 11 is 0. The average Bonchev–Trinajstić information content (AvgIpc) is 3.10. The number of rotatable bonds is 7. The van der Waals surface area contributed by atoms with Gasteiger partial charge in [-0.25, -0.2) is 4.98 Å². The number of nitrogens with zero attached hydrogens (tertiary/aromatic N) is 3. The minimum atomic E-state index is -0.180. The molecule has 30 heavy (non-hydrogen) atoms. The van der Waals surface area contributed by atoms with Gasteiger partial charge in [-0.15, -0.1) is 0 Å². The number of ether oxygens (including phenoxy) is 1. The summed E-state index contributed by atoms with van der Waals surface area (Å²) in [5.41, 5.74) is 3.78. The van der Waals surface area contributed by atoms with Gasteiger partial charge in [-0.2, -0.15) is 0 Å². The van der Waals surface area contributed by atoms with Crippen molar-refractivity contribution >= 4 is 22.6 Å². The van der Waals surface area contributed by atoms with Gasteiger partial charge in [0.05, 0.1) is 17.6 Å². The normalized spacial score (nSPS) is 14.7. The lowest BCUT2D eigenvalue weighted by molar-refractivity contribution is -0.118. The van der Waals surface area contributed by atoms with E-state index in [9.17, 15) is 4.79 Å². The summed E-state index contributed by atoms with van der Waals surface area (Å²) in [6, 6.07) is 13.6. The number of aromatic nitrogens is 2. The summed E-state index contributed by atoms with van der Waals surface area (Å²) in [4.78, 5) is 19.7. The summed E-state index contributed by atoms with van der Waals surface area (Å²) < 4.78 is 7.92. The van der Waals surface area contributed by atoms with Gasteiger partial charge in [-0.1, -0.05) is 24.6 Å². The van der Waals surface area contributed by atoms with Crippen LogP contribution in [0.4, 0.5) is 5.69 Å². The smallest absolute Gasteiger partial charge is 0.262 e. The zero-order chi connectivity index (χ0) is 20.9. The molecule has 2 heterocycles. The number of anilines is 1. The molecule has 3 aromatic rings. The van der Waals surface area contributed by atoms with Crippen molar-refractivity contribution in [2.24, 2.45) is 0 Å². The second-order valence-corrected chi connectivity index (χ2v) is 7.91. The zero-order valence-corrected chi connectivity index (χ0v) is 17.9. The van der Waals surface area contributed by atoms with Crippen molar-refractivity contribution in [3.63, 3.8) is 0 Å². The Morgan fingerprint density at radius 1 is 1.13 bits per heavy atom. The second kappa shape index (κ2) is 9.30. The number of fused-ring (bicyclic) bond motifs is 1. The van der Waals surface area contributed by atoms with Crippen LogP contribution in [0.1, 0.15) is 37.6 Å². The van der Waals surface area contributed by atoms with Crippen LogP contribution in [-0.2, 0) is 17.9 Å². The van der Waals surface area contributed by atoms with Gasteiger partial charge in [0, 0.05) is 12.2 Å². The predicted molar refractivity (Wildman–Crippen MR) is 120 cm³/mol. The van der Waals surface area contributed by atoms with E-state index >= 15 is 0 Å². The Balaban J connectivity index is 1.44. The predicted octanol–water partition coefficient (Wildman–Crippen LogP) is 4.37. The molecule has 1 aliphatic rings. The van der Waals surface area contributed by atoms with Crippen LogP contribution in [0.25, 0.3) is 11.0 Å². The number of aryl methyl sites for hydroxylation is 2. The van der Waals surface area contributed by atoms with Crippen LogP contribution in [0.5, 0.6) is 5.75 Å². The first-order valence-corrected chi connectivity index (χ1v) is 10.8. The number of hydrogen-bond donors (Lipinski definition) is 1. The molecule has 6 nitrogen and oxygen atoms in total. The number of hydrogen-bond acceptors (Lipinski definition) is 4. The zero-order valence-electron chi connectivity index (χ0n) is 17.9. The van der Waals surface area contributed by atoms with Crippen molar-refractivity contribution in [3.05, 3.63) is 53.9 Å². The second-order valence-electron chi connectivity index (χ2n) is 7.91. The van der Waals surface area contributed by atoms with Crippen molar-refractivity contribution < 1.29 is 9.53 Å². The molecular formula is C24H30N4O2. The maximum absolute atomic E-state index is 12.4. The lowest BCUT2D eigenvalue weighted by atomic mass is 10.1. The number of carbonyl (C=O) groups is 1. The number of carbonyl (C=O) groups excluding carboxylic acids is 1. The lowest BCUT2D eigenvalue weighted by Crippen LogP contribution is -2.30. The number of likely N-dealkylation sites (tertiary alicyclic amines) is 1. The van der Waals surface area contributed by atoms with Crippen LogP contribution < -0.4 is 10.1 Å². The van der Waals surface area contributed by atoms with Gasteiger partial charge >= 0.3 is 0 Å². The summed E-state index contributed by atoms with van der Waals surface area (Å²) in [5.74, 6) is 1.65. The van der Waals surface area contributed by atoms with E-state index in [0.717, 1.165) is 60.0 Å². The van der Waals surface area contributed by atoms with E-state index in [1.54, 1.807) is 0 Å². The fourth-order valence-electron chi connectivity index (χ4n) is 4.11. The van der Waals surface area contributed by atoms with Crippen LogP contribution in [0.2, 0.25) is 0 Å². The molecule has 158 valence electrons. The molecular weight excluding hydrogens is 376 g/mol. The van der Waals surface area contributed by atoms with Crippen molar-refractivity contribution in [3.8, 4) is 5.75 Å². The van der Waals surface area contributed by atoms with Crippen LogP contribution >= 0.6 is 0 Å². The summed E-state index contributed by atoms with van der Waals surface area (Å²) in [6.07, 6.45) is 3.87. The molecule has 4 rings (SSSR count). The van der Waals surface area contributed by atoms with Gasteiger partial charge in [-0.3, -0.25) is 9.69 Å². The first-order valence-electron chi connectivity index (χ1n) is 10.8. The Morgan fingerprint density at radius 2 is 1.93 bits per heavy atom. The highest BCUT2D eigenvalue weighted by molar-refractivity contribution is 5.94. The summed E-state index contributed by atoms with van der Waals surface area (Å²) in [6.45, 7) is 8.16. The molecule has 2 aromatic carbocycles. The van der Waals surface area contributed by atoms with E-state index in [1.807, 2.05) is 49.4 Å². The van der Waals surface area contributed by atoms with Crippen molar-refractivity contribution in [2.45, 2.75) is 46.2 Å². The van der Waals surface area contributed by atoms with Crippen LogP contribution in [-0.4, -0.2) is 40.1 Å². The molecule has 0 unspecified atom stereocenters. The van der Waals surface area contributed by atoms with Gasteiger partial charge in [0.1, 0.15) is 11.6 Å². The van der Waals surface area contributed by atoms with E-state index in [4.69, 9.17) is 9.72 Å². The van der Waals surface area contributed by atoms with Crippen molar-refractivity contribution in [2.75, 3.05) is 25.0 Å². The molecule has 0 bridgehead atoms. The number of amides is 1. The lowest BCUT2D eigenvalue weighted by Gasteiger charge is -2.26. The molecule has 1 aromatic heterocycles. The van der Waals surface area contributed by atoms with Gasteiger partial charge in [0.15, 0.2) is 6.61 Å². The topological polar surface area (TPSA) is 59.4 Å². The Bertz CT molecular complexity index is 1020. The monoisotopic (exact) mass is 406 g/mol. The third-order valence-electron chi connectivity index (χ3n) is 5.69. The first-order chi connectivity index (χ1) is 14.6. The Morgan fingerprint density at radius 3 is 2.70 bits per heavy atom. The third-order valence-corrected chi connectivity index (χ3v) is 5.69. The maximum Gasteiger partial charge on any atom is 0.262 e. The summed E-state index contributed by atoms with van der Waals surface area (Å²) in [5, 5.41) is 2.93. The Hall–Kier alpha value is -2.86. The minimum absolute atomic E-state index is 0.0213. The molecule has 1 saturated heterocycles. The number of benzene rings is 2. The van der Waals surface area contributed by atoms with Gasteiger partial charge in [-0.05, 0) is 69.6 Å². The van der Waals surface area contributed by atoms with E-state index in [2.05, 4.69) is 21.7 Å². The molecule has 1 N–H and O–H groups in total. The van der Waals surface area contributed by atoms with E-state index in [-0.39, 0.29) is 12.5 Å². The molecule has 1 aliphatic heterocycles. The average molecular weight is 407 g/mol. The van der Waals surface area contributed by atoms with Crippen molar-refractivity contribution in [1.82, 2.24) is 14.5 Å². The van der Waals surface area contributed by atoms with Crippen molar-refractivity contribution in [1.29, 1.82) is 0 Å². The number of piperidine rings is 1. The van der Waals surface area contributed by atoms with Crippen LogP contribution in [0, 0.1) is 6.92 Å². The quantitative estimate of drug-likeness (QED) is 0.633. The van der Waals surface area contributed by atoms with Gasteiger partial charge in [0.2, 0.25) is 0 Å². The molecule has 0 saturated carbocycles. The Labute approximate surface area is 177 Å². The molecule has 1 fully saturated rings. The largest absolute Gasteiger partial charge is 0.483 e. The standard InChI is InChI=1S/C24H30N4O2/c1-3-28-21-12-11-19(25-24(29)17-30-22-10-6-5-9-18(22)2)15-20(21)26-23(28)16-27-13-7-4-8-14-27/h5-6,9-12,15H,3-4,7-8,13-14,16-17H2,1-2H3,(H,25,29). The van der Waals surface area contributed by atoms with E-state index in [1.165, 1.54) is 19.3 Å². The highest BCUT2D eigenvalue weighted by Gasteiger charge is 2.16. The van der Waals surface area contributed by atoms with Gasteiger partial charge < -0.3 is 14.6 Å². The molecule has 0 spiro atoms. The maximum atomic E-state index is 12.4. The number of imidazole rings is 1. The molecule has 1 amide bonds. The third kappa shape index (κ3) is 4.65. The highest BCUT2D eigenvalue weighted by atomic mass is 16.5. The Kier molecular flexibility index (Phi) is 6.33. The van der Waals surface area contributed by atoms with E-state index in [0.29, 0.717) is 0 Å². The number of nitrogens with one attached hydrogen (secondary N) is 1. The first kappa shape index (κ1) is 20.4. The highest BCUT2D eigenvalue weighted by Crippen LogP contribution is 2.23. The fraction of sp³-hybridized carbons (Fsp3) is 0.417. The molecule has 6 heteroatoms. The molecule has 0 radical (unpaired) electrons. The summed E-state index contributed by atoms with van der Waals surface area (Å²) in [7, 11) is 0. The van der Waals surface area contributed by atoms with Crippen LogP contribution in [0.15, 0.2) is 42.5 Å². The van der Waals surface area contributed by atoms with Gasteiger partial charge in [0.25, 0.3) is 5.91 Å². The fourth-order valence-corrected chi connectivity index (χ4v) is 4.11. The molecule has 0 aliphatic carbocycles. The minimum Gasteiger partial charge on any atom is -0.483 e. The van der Waals surface area contributed by atoms with Crippen LogP contribution in [0.3, 0.4) is 0 Å². The SMILES string of the molecule is CCn1c(CN2CCCCC2)nc2cc(NC(=O)COc3ccccc3C)ccc21. The van der Waals surface area contributed by atoms with E-state index < -0.39 is 0 Å².